The molecule has 102 valence electrons. The Balaban J connectivity index is 1.99. The standard InChI is InChI=1S/C13H16N2O2S2/c1-8-3-4-10(5-9(8)2)15-12-7-19(16,17)6-11(12)14-13(15)18/h3-5,11-12H,6-7H2,1-2H3,(H,14,18)/t11-,12-/m1/s1. The highest BCUT2D eigenvalue weighted by Gasteiger charge is 2.47. The lowest BCUT2D eigenvalue weighted by molar-refractivity contribution is 0.600. The zero-order valence-electron chi connectivity index (χ0n) is 10.9. The van der Waals surface area contributed by atoms with Crippen molar-refractivity contribution in [3.8, 4) is 0 Å². The Morgan fingerprint density at radius 1 is 1.26 bits per heavy atom. The summed E-state index contributed by atoms with van der Waals surface area (Å²) < 4.78 is 23.5. The fourth-order valence-corrected chi connectivity index (χ4v) is 5.07. The van der Waals surface area contributed by atoms with E-state index in [4.69, 9.17) is 12.2 Å². The molecule has 3 rings (SSSR count). The van der Waals surface area contributed by atoms with E-state index in [9.17, 15) is 8.42 Å². The number of hydrogen-bond donors (Lipinski definition) is 1. The highest BCUT2D eigenvalue weighted by Crippen LogP contribution is 2.30. The lowest BCUT2D eigenvalue weighted by Gasteiger charge is -2.24. The van der Waals surface area contributed by atoms with Gasteiger partial charge in [0, 0.05) is 5.69 Å². The van der Waals surface area contributed by atoms with Crippen LogP contribution < -0.4 is 10.2 Å². The van der Waals surface area contributed by atoms with Gasteiger partial charge in [0.15, 0.2) is 14.9 Å². The molecular formula is C13H16N2O2S2. The quantitative estimate of drug-likeness (QED) is 0.788. The Kier molecular flexibility index (Phi) is 2.83. The minimum absolute atomic E-state index is 0.0698. The second-order valence-electron chi connectivity index (χ2n) is 5.34. The second kappa shape index (κ2) is 4.18. The molecule has 0 radical (unpaired) electrons. The smallest absolute Gasteiger partial charge is 0.174 e. The number of nitrogens with one attached hydrogen (secondary N) is 1. The van der Waals surface area contributed by atoms with Crippen molar-refractivity contribution in [2.75, 3.05) is 16.4 Å². The van der Waals surface area contributed by atoms with Gasteiger partial charge in [-0.05, 0) is 49.3 Å². The average molecular weight is 296 g/mol. The predicted octanol–water partition coefficient (Wildman–Crippen LogP) is 1.16. The van der Waals surface area contributed by atoms with E-state index in [0.717, 1.165) is 5.69 Å². The maximum Gasteiger partial charge on any atom is 0.174 e. The van der Waals surface area contributed by atoms with Gasteiger partial charge in [-0.2, -0.15) is 0 Å². The molecular weight excluding hydrogens is 280 g/mol. The van der Waals surface area contributed by atoms with Gasteiger partial charge < -0.3 is 10.2 Å². The van der Waals surface area contributed by atoms with Crippen molar-refractivity contribution in [3.05, 3.63) is 29.3 Å². The highest BCUT2D eigenvalue weighted by molar-refractivity contribution is 7.91. The number of anilines is 1. The first-order valence-electron chi connectivity index (χ1n) is 6.25. The zero-order valence-corrected chi connectivity index (χ0v) is 12.5. The van der Waals surface area contributed by atoms with E-state index in [1.807, 2.05) is 24.0 Å². The third-order valence-electron chi connectivity index (χ3n) is 3.95. The van der Waals surface area contributed by atoms with Crippen LogP contribution in [0.2, 0.25) is 0 Å². The number of fused-ring (bicyclic) bond motifs is 1. The maximum atomic E-state index is 11.7. The van der Waals surface area contributed by atoms with Crippen LogP contribution in [0.3, 0.4) is 0 Å². The molecule has 2 aliphatic heterocycles. The topological polar surface area (TPSA) is 49.4 Å². The van der Waals surface area contributed by atoms with Crippen LogP contribution in [-0.4, -0.2) is 37.1 Å². The highest BCUT2D eigenvalue weighted by atomic mass is 32.2. The van der Waals surface area contributed by atoms with Crippen molar-refractivity contribution < 1.29 is 8.42 Å². The number of aryl methyl sites for hydroxylation is 2. The molecule has 2 fully saturated rings. The van der Waals surface area contributed by atoms with Gasteiger partial charge in [-0.15, -0.1) is 0 Å². The molecule has 0 saturated carbocycles. The molecule has 1 N–H and O–H groups in total. The molecule has 2 saturated heterocycles. The first-order valence-corrected chi connectivity index (χ1v) is 8.48. The van der Waals surface area contributed by atoms with E-state index >= 15 is 0 Å². The average Bonchev–Trinajstić information content (AvgIpc) is 2.73. The van der Waals surface area contributed by atoms with Gasteiger partial charge in [0.25, 0.3) is 0 Å². The van der Waals surface area contributed by atoms with E-state index in [1.54, 1.807) is 0 Å². The Labute approximate surface area is 118 Å². The summed E-state index contributed by atoms with van der Waals surface area (Å²) in [6.07, 6.45) is 0. The molecule has 19 heavy (non-hydrogen) atoms. The molecule has 0 aliphatic carbocycles. The largest absolute Gasteiger partial charge is 0.356 e. The first kappa shape index (κ1) is 12.9. The van der Waals surface area contributed by atoms with Gasteiger partial charge in [0.1, 0.15) is 0 Å². The molecule has 1 aromatic carbocycles. The molecule has 0 unspecified atom stereocenters. The Morgan fingerprint density at radius 2 is 2.00 bits per heavy atom. The fourth-order valence-electron chi connectivity index (χ4n) is 2.78. The summed E-state index contributed by atoms with van der Waals surface area (Å²) in [6.45, 7) is 4.11. The lowest BCUT2D eigenvalue weighted by Crippen LogP contribution is -2.36. The molecule has 0 amide bonds. The van der Waals surface area contributed by atoms with Crippen molar-refractivity contribution in [1.29, 1.82) is 0 Å². The third-order valence-corrected chi connectivity index (χ3v) is 5.98. The molecule has 2 atom stereocenters. The van der Waals surface area contributed by atoms with E-state index in [-0.39, 0.29) is 23.6 Å². The molecule has 6 heteroatoms. The van der Waals surface area contributed by atoms with Gasteiger partial charge in [0.2, 0.25) is 0 Å². The Bertz CT molecular complexity index is 655. The number of hydrogen-bond acceptors (Lipinski definition) is 3. The second-order valence-corrected chi connectivity index (χ2v) is 7.88. The molecule has 2 heterocycles. The van der Waals surface area contributed by atoms with Crippen molar-refractivity contribution in [2.45, 2.75) is 25.9 Å². The molecule has 0 spiro atoms. The SMILES string of the molecule is Cc1ccc(N2C(=S)N[C@@H]3CS(=O)(=O)C[C@H]32)cc1C. The summed E-state index contributed by atoms with van der Waals surface area (Å²) in [5.41, 5.74) is 3.38. The van der Waals surface area contributed by atoms with Crippen molar-refractivity contribution >= 4 is 32.9 Å². The first-order chi connectivity index (χ1) is 8.87. The summed E-state index contributed by atoms with van der Waals surface area (Å²) in [6, 6.07) is 5.98. The van der Waals surface area contributed by atoms with Crippen LogP contribution in [0.15, 0.2) is 18.2 Å². The number of sulfone groups is 1. The van der Waals surface area contributed by atoms with Crippen molar-refractivity contribution in [1.82, 2.24) is 5.32 Å². The number of thiocarbonyl (C=S) groups is 1. The molecule has 2 aliphatic rings. The maximum absolute atomic E-state index is 11.7. The van der Waals surface area contributed by atoms with E-state index in [0.29, 0.717) is 5.11 Å². The predicted molar refractivity (Wildman–Crippen MR) is 80.4 cm³/mol. The molecule has 0 aromatic heterocycles. The molecule has 0 bridgehead atoms. The summed E-state index contributed by atoms with van der Waals surface area (Å²) >= 11 is 5.35. The summed E-state index contributed by atoms with van der Waals surface area (Å²) in [5.74, 6) is 0.358. The monoisotopic (exact) mass is 296 g/mol. The van der Waals surface area contributed by atoms with Gasteiger partial charge in [-0.25, -0.2) is 8.42 Å². The van der Waals surface area contributed by atoms with Crippen LogP contribution in [0.4, 0.5) is 5.69 Å². The van der Waals surface area contributed by atoms with E-state index in [1.165, 1.54) is 11.1 Å². The molecule has 1 aromatic rings. The fraction of sp³-hybridized carbons (Fsp3) is 0.462. The van der Waals surface area contributed by atoms with Gasteiger partial charge in [-0.3, -0.25) is 0 Å². The van der Waals surface area contributed by atoms with Crippen LogP contribution in [0.25, 0.3) is 0 Å². The number of benzene rings is 1. The summed E-state index contributed by atoms with van der Waals surface area (Å²) in [4.78, 5) is 1.96. The number of rotatable bonds is 1. The third kappa shape index (κ3) is 2.12. The van der Waals surface area contributed by atoms with Crippen LogP contribution in [0.5, 0.6) is 0 Å². The van der Waals surface area contributed by atoms with Crippen LogP contribution in [0.1, 0.15) is 11.1 Å². The van der Waals surface area contributed by atoms with E-state index in [2.05, 4.69) is 18.3 Å². The van der Waals surface area contributed by atoms with Gasteiger partial charge in [0.05, 0.1) is 23.6 Å². The number of nitrogens with zero attached hydrogens (tertiary/aromatic N) is 1. The van der Waals surface area contributed by atoms with E-state index < -0.39 is 9.84 Å². The minimum atomic E-state index is -2.95. The van der Waals surface area contributed by atoms with Gasteiger partial charge in [-0.1, -0.05) is 6.07 Å². The van der Waals surface area contributed by atoms with Gasteiger partial charge >= 0.3 is 0 Å². The minimum Gasteiger partial charge on any atom is -0.356 e. The summed E-state index contributed by atoms with van der Waals surface area (Å²) in [5, 5.41) is 3.76. The van der Waals surface area contributed by atoms with Crippen molar-refractivity contribution in [3.63, 3.8) is 0 Å². The normalized spacial score (nSPS) is 28.3. The molecule has 4 nitrogen and oxygen atoms in total. The zero-order chi connectivity index (χ0) is 13.8. The Morgan fingerprint density at radius 3 is 2.68 bits per heavy atom. The van der Waals surface area contributed by atoms with Crippen molar-refractivity contribution in [2.24, 2.45) is 0 Å². The lowest BCUT2D eigenvalue weighted by atomic mass is 10.1. The Hall–Kier alpha value is -1.14. The van der Waals surface area contributed by atoms with Crippen LogP contribution in [0, 0.1) is 13.8 Å². The van der Waals surface area contributed by atoms with Crippen LogP contribution in [-0.2, 0) is 9.84 Å². The van der Waals surface area contributed by atoms with Crippen LogP contribution >= 0.6 is 12.2 Å². The summed E-state index contributed by atoms with van der Waals surface area (Å²) in [7, 11) is -2.95.